The summed E-state index contributed by atoms with van der Waals surface area (Å²) in [6.07, 6.45) is -2.12. The standard InChI is InChI=1S/C23H22BrF3N4O5S/c1-36-19-10-7-16(29-21(33)18-14-28-22(30-18)23(25,26)27)13-20(19)37(34,35)31(11-3-2-4-12-32)17-8-5-15(24)6-9-17/h5-10,12-14H,2-4,11H2,1H3,(H,28,30)(H,29,33). The van der Waals surface area contributed by atoms with Crippen molar-refractivity contribution >= 4 is 49.5 Å². The number of imidazole rings is 1. The SMILES string of the molecule is COc1ccc(NC(=O)c2cnc(C(F)(F)F)[nH]2)cc1S(=O)(=O)N(CCCCC=O)c1ccc(Br)cc1. The first-order valence-corrected chi connectivity index (χ1v) is 13.0. The Morgan fingerprint density at radius 1 is 1.19 bits per heavy atom. The number of nitrogens with one attached hydrogen (secondary N) is 2. The van der Waals surface area contributed by atoms with Crippen molar-refractivity contribution in [2.24, 2.45) is 0 Å². The molecule has 1 aromatic heterocycles. The first kappa shape index (κ1) is 28.2. The van der Waals surface area contributed by atoms with Gasteiger partial charge in [-0.15, -0.1) is 0 Å². The zero-order chi connectivity index (χ0) is 27.2. The quantitative estimate of drug-likeness (QED) is 0.235. The van der Waals surface area contributed by atoms with Crippen molar-refractivity contribution in [3.63, 3.8) is 0 Å². The molecule has 0 aliphatic heterocycles. The molecule has 0 bridgehead atoms. The lowest BCUT2D eigenvalue weighted by molar-refractivity contribution is -0.144. The Hall–Kier alpha value is -3.39. The van der Waals surface area contributed by atoms with Gasteiger partial charge in [0.1, 0.15) is 22.6 Å². The molecule has 0 aliphatic rings. The van der Waals surface area contributed by atoms with Crippen molar-refractivity contribution in [1.29, 1.82) is 0 Å². The predicted octanol–water partition coefficient (Wildman–Crippen LogP) is 5.02. The lowest BCUT2D eigenvalue weighted by Crippen LogP contribution is -2.32. The number of carbonyl (C=O) groups excluding carboxylic acids is 2. The highest BCUT2D eigenvalue weighted by molar-refractivity contribution is 9.10. The average molecular weight is 603 g/mol. The van der Waals surface area contributed by atoms with Gasteiger partial charge in [0.2, 0.25) is 5.82 Å². The van der Waals surface area contributed by atoms with Crippen molar-refractivity contribution in [1.82, 2.24) is 9.97 Å². The maximum absolute atomic E-state index is 13.8. The number of aromatic amines is 1. The molecule has 198 valence electrons. The van der Waals surface area contributed by atoms with Gasteiger partial charge in [0.15, 0.2) is 0 Å². The molecule has 2 aromatic carbocycles. The molecular formula is C23H22BrF3N4O5S. The highest BCUT2D eigenvalue weighted by Crippen LogP contribution is 2.33. The number of sulfonamides is 1. The normalized spacial score (nSPS) is 11.7. The number of unbranched alkanes of at least 4 members (excludes halogenated alkanes) is 2. The summed E-state index contributed by atoms with van der Waals surface area (Å²) in [5, 5.41) is 2.37. The van der Waals surface area contributed by atoms with Gasteiger partial charge < -0.3 is 19.8 Å². The van der Waals surface area contributed by atoms with Crippen LogP contribution in [0.5, 0.6) is 5.75 Å². The van der Waals surface area contributed by atoms with E-state index in [1.165, 1.54) is 19.2 Å². The second-order valence-electron chi connectivity index (χ2n) is 7.68. The number of rotatable bonds is 11. The first-order valence-electron chi connectivity index (χ1n) is 10.8. The van der Waals surface area contributed by atoms with Gasteiger partial charge in [-0.1, -0.05) is 15.9 Å². The lowest BCUT2D eigenvalue weighted by Gasteiger charge is -2.26. The lowest BCUT2D eigenvalue weighted by atomic mass is 10.2. The Labute approximate surface area is 219 Å². The van der Waals surface area contributed by atoms with E-state index in [0.29, 0.717) is 18.5 Å². The van der Waals surface area contributed by atoms with E-state index in [1.807, 2.05) is 4.98 Å². The van der Waals surface area contributed by atoms with Crippen molar-refractivity contribution < 1.29 is 35.9 Å². The van der Waals surface area contributed by atoms with Crippen LogP contribution in [0.3, 0.4) is 0 Å². The fourth-order valence-corrected chi connectivity index (χ4v) is 5.28. The van der Waals surface area contributed by atoms with Crippen molar-refractivity contribution in [2.45, 2.75) is 30.3 Å². The van der Waals surface area contributed by atoms with E-state index < -0.39 is 33.6 Å². The summed E-state index contributed by atoms with van der Waals surface area (Å²) < 4.78 is 73.1. The number of methoxy groups -OCH3 is 1. The monoisotopic (exact) mass is 602 g/mol. The summed E-state index contributed by atoms with van der Waals surface area (Å²) in [7, 11) is -2.97. The van der Waals surface area contributed by atoms with E-state index in [9.17, 15) is 31.2 Å². The minimum atomic E-state index is -4.76. The zero-order valence-electron chi connectivity index (χ0n) is 19.4. The number of nitrogens with zero attached hydrogens (tertiary/aromatic N) is 2. The number of amides is 1. The van der Waals surface area contributed by atoms with Gasteiger partial charge in [0, 0.05) is 23.1 Å². The van der Waals surface area contributed by atoms with Gasteiger partial charge in [-0.3, -0.25) is 9.10 Å². The van der Waals surface area contributed by atoms with Crippen LogP contribution >= 0.6 is 15.9 Å². The summed E-state index contributed by atoms with van der Waals surface area (Å²) in [4.78, 5) is 27.9. The molecule has 0 saturated heterocycles. The number of anilines is 2. The number of benzene rings is 2. The molecule has 3 rings (SSSR count). The van der Waals surface area contributed by atoms with Crippen LogP contribution < -0.4 is 14.4 Å². The molecule has 0 atom stereocenters. The molecule has 1 amide bonds. The van der Waals surface area contributed by atoms with Crippen molar-refractivity contribution in [3.8, 4) is 5.75 Å². The maximum Gasteiger partial charge on any atom is 0.449 e. The van der Waals surface area contributed by atoms with Gasteiger partial charge in [0.25, 0.3) is 15.9 Å². The van der Waals surface area contributed by atoms with Crippen LogP contribution in [-0.4, -0.2) is 44.2 Å². The second-order valence-corrected chi connectivity index (χ2v) is 10.4. The van der Waals surface area contributed by atoms with Crippen LogP contribution in [0, 0.1) is 0 Å². The number of halogens is 4. The summed E-state index contributed by atoms with van der Waals surface area (Å²) in [5.74, 6) is -2.29. The van der Waals surface area contributed by atoms with Crippen LogP contribution in [0.25, 0.3) is 0 Å². The summed E-state index contributed by atoms with van der Waals surface area (Å²) in [6, 6.07) is 10.4. The Balaban J connectivity index is 1.96. The van der Waals surface area contributed by atoms with E-state index in [2.05, 4.69) is 26.2 Å². The summed E-state index contributed by atoms with van der Waals surface area (Å²) >= 11 is 3.31. The van der Waals surface area contributed by atoms with Crippen LogP contribution in [0.2, 0.25) is 0 Å². The van der Waals surface area contributed by atoms with Crippen LogP contribution in [0.1, 0.15) is 35.6 Å². The van der Waals surface area contributed by atoms with E-state index in [1.54, 1.807) is 24.3 Å². The molecule has 2 N–H and O–H groups in total. The molecule has 3 aromatic rings. The highest BCUT2D eigenvalue weighted by Gasteiger charge is 2.35. The number of alkyl halides is 3. The molecule has 0 aliphatic carbocycles. The van der Waals surface area contributed by atoms with E-state index in [0.717, 1.165) is 27.3 Å². The minimum Gasteiger partial charge on any atom is -0.495 e. The molecular weight excluding hydrogens is 581 g/mol. The van der Waals surface area contributed by atoms with E-state index in [-0.39, 0.29) is 29.3 Å². The number of aromatic nitrogens is 2. The molecule has 0 spiro atoms. The summed E-state index contributed by atoms with van der Waals surface area (Å²) in [6.45, 7) is 0.0614. The smallest absolute Gasteiger partial charge is 0.449 e. The third kappa shape index (κ3) is 6.89. The molecule has 9 nitrogen and oxygen atoms in total. The zero-order valence-corrected chi connectivity index (χ0v) is 21.8. The van der Waals surface area contributed by atoms with E-state index in [4.69, 9.17) is 4.74 Å². The molecule has 1 heterocycles. The Morgan fingerprint density at radius 3 is 2.49 bits per heavy atom. The average Bonchev–Trinajstić information content (AvgIpc) is 3.36. The molecule has 0 unspecified atom stereocenters. The van der Waals surface area contributed by atoms with Crippen LogP contribution in [0.15, 0.2) is 58.0 Å². The van der Waals surface area contributed by atoms with Gasteiger partial charge in [0.05, 0.1) is 19.0 Å². The second kappa shape index (κ2) is 11.8. The van der Waals surface area contributed by atoms with Gasteiger partial charge >= 0.3 is 6.18 Å². The van der Waals surface area contributed by atoms with Crippen molar-refractivity contribution in [2.75, 3.05) is 23.3 Å². The number of ether oxygens (including phenoxy) is 1. The van der Waals surface area contributed by atoms with Gasteiger partial charge in [-0.05, 0) is 55.3 Å². The third-order valence-electron chi connectivity index (χ3n) is 5.13. The molecule has 0 fully saturated rings. The number of carbonyl (C=O) groups is 2. The first-order chi connectivity index (χ1) is 17.5. The van der Waals surface area contributed by atoms with Gasteiger partial charge in [-0.25, -0.2) is 13.4 Å². The Kier molecular flexibility index (Phi) is 8.97. The molecule has 14 heteroatoms. The number of aldehydes is 1. The van der Waals surface area contributed by atoms with Crippen LogP contribution in [0.4, 0.5) is 24.5 Å². The van der Waals surface area contributed by atoms with Crippen LogP contribution in [-0.2, 0) is 21.0 Å². The molecule has 0 radical (unpaired) electrons. The fourth-order valence-electron chi connectivity index (χ4n) is 3.33. The predicted molar refractivity (Wildman–Crippen MR) is 133 cm³/mol. The Morgan fingerprint density at radius 2 is 1.89 bits per heavy atom. The van der Waals surface area contributed by atoms with Crippen molar-refractivity contribution in [3.05, 3.63) is 64.7 Å². The third-order valence-corrected chi connectivity index (χ3v) is 7.50. The topological polar surface area (TPSA) is 121 Å². The minimum absolute atomic E-state index is 0.00393. The maximum atomic E-state index is 13.8. The fraction of sp³-hybridized carbons (Fsp3) is 0.261. The number of H-pyrrole nitrogens is 1. The Bertz CT molecular complexity index is 1360. The molecule has 0 saturated carbocycles. The number of hydrogen-bond donors (Lipinski definition) is 2. The summed E-state index contributed by atoms with van der Waals surface area (Å²) in [5.41, 5.74) is -0.0913. The molecule has 37 heavy (non-hydrogen) atoms. The van der Waals surface area contributed by atoms with Gasteiger partial charge in [-0.2, -0.15) is 13.2 Å². The highest BCUT2D eigenvalue weighted by atomic mass is 79.9. The number of hydrogen-bond acceptors (Lipinski definition) is 6. The van der Waals surface area contributed by atoms with E-state index >= 15 is 0 Å². The largest absolute Gasteiger partial charge is 0.495 e.